The molecule has 0 rings (SSSR count). The maximum absolute atomic E-state index is 11.0. The van der Waals surface area contributed by atoms with Gasteiger partial charge in [-0.25, -0.2) is 0 Å². The predicted molar refractivity (Wildman–Crippen MR) is 53.7 cm³/mol. The van der Waals surface area contributed by atoms with Gasteiger partial charge in [0.15, 0.2) is 5.78 Å². The van der Waals surface area contributed by atoms with Crippen LogP contribution in [0.3, 0.4) is 0 Å². The maximum Gasteiger partial charge on any atom is 0.168 e. The summed E-state index contributed by atoms with van der Waals surface area (Å²) in [5, 5.41) is 0. The van der Waals surface area contributed by atoms with Crippen molar-refractivity contribution in [3.05, 3.63) is 0 Å². The van der Waals surface area contributed by atoms with Crippen LogP contribution in [-0.4, -0.2) is 30.5 Å². The standard InChI is InChI=1S/C9H18O2S/c1-4-11-5-9(10)7-12-6-8(2)3/h8H,4-7H2,1-3H3. The van der Waals surface area contributed by atoms with Crippen LogP contribution in [0, 0.1) is 5.92 Å². The van der Waals surface area contributed by atoms with Crippen LogP contribution in [0.15, 0.2) is 0 Å². The van der Waals surface area contributed by atoms with E-state index in [1.165, 1.54) is 0 Å². The lowest BCUT2D eigenvalue weighted by atomic mass is 10.3. The van der Waals surface area contributed by atoms with Crippen molar-refractivity contribution >= 4 is 17.5 Å². The summed E-state index contributed by atoms with van der Waals surface area (Å²) in [6.07, 6.45) is 0. The molecule has 0 heterocycles. The minimum Gasteiger partial charge on any atom is -0.374 e. The van der Waals surface area contributed by atoms with Gasteiger partial charge < -0.3 is 4.74 Å². The van der Waals surface area contributed by atoms with Gasteiger partial charge in [0, 0.05) is 6.61 Å². The SMILES string of the molecule is CCOCC(=O)CSCC(C)C. The lowest BCUT2D eigenvalue weighted by Crippen LogP contribution is -2.11. The Kier molecular flexibility index (Phi) is 7.61. The molecule has 0 amide bonds. The van der Waals surface area contributed by atoms with E-state index in [2.05, 4.69) is 13.8 Å². The summed E-state index contributed by atoms with van der Waals surface area (Å²) in [5.74, 6) is 2.51. The van der Waals surface area contributed by atoms with Crippen LogP contribution < -0.4 is 0 Å². The quantitative estimate of drug-likeness (QED) is 0.614. The van der Waals surface area contributed by atoms with E-state index in [1.807, 2.05) is 6.92 Å². The molecule has 0 saturated carbocycles. The number of hydrogen-bond donors (Lipinski definition) is 0. The van der Waals surface area contributed by atoms with Gasteiger partial charge in [-0.1, -0.05) is 13.8 Å². The Morgan fingerprint density at radius 2 is 2.17 bits per heavy atom. The molecule has 0 atom stereocenters. The summed E-state index contributed by atoms with van der Waals surface area (Å²) in [4.78, 5) is 11.0. The minimum absolute atomic E-state index is 0.197. The third-order valence-corrected chi connectivity index (χ3v) is 2.61. The van der Waals surface area contributed by atoms with Crippen LogP contribution in [0.2, 0.25) is 0 Å². The average molecular weight is 190 g/mol. The van der Waals surface area contributed by atoms with Crippen molar-refractivity contribution in [2.24, 2.45) is 5.92 Å². The van der Waals surface area contributed by atoms with E-state index in [-0.39, 0.29) is 12.4 Å². The lowest BCUT2D eigenvalue weighted by molar-refractivity contribution is -0.120. The smallest absolute Gasteiger partial charge is 0.168 e. The summed E-state index contributed by atoms with van der Waals surface area (Å²) >= 11 is 1.69. The van der Waals surface area contributed by atoms with Gasteiger partial charge in [0.25, 0.3) is 0 Å². The van der Waals surface area contributed by atoms with Crippen molar-refractivity contribution in [1.82, 2.24) is 0 Å². The average Bonchev–Trinajstić information content (AvgIpc) is 2.00. The molecule has 0 bridgehead atoms. The van der Waals surface area contributed by atoms with Crippen molar-refractivity contribution < 1.29 is 9.53 Å². The number of ether oxygens (including phenoxy) is 1. The van der Waals surface area contributed by atoms with Crippen molar-refractivity contribution in [2.75, 3.05) is 24.7 Å². The Hall–Kier alpha value is -0.0200. The lowest BCUT2D eigenvalue weighted by Gasteiger charge is -2.03. The number of carbonyl (C=O) groups excluding carboxylic acids is 1. The van der Waals surface area contributed by atoms with Gasteiger partial charge in [-0.05, 0) is 18.6 Å². The molecule has 0 unspecified atom stereocenters. The molecule has 0 aromatic carbocycles. The third-order valence-electron chi connectivity index (χ3n) is 1.18. The van der Waals surface area contributed by atoms with Gasteiger partial charge in [0.2, 0.25) is 0 Å². The molecule has 0 aliphatic heterocycles. The summed E-state index contributed by atoms with van der Waals surface area (Å²) in [6.45, 7) is 7.11. The Labute approximate surface area is 79.1 Å². The molecule has 0 spiro atoms. The molecular formula is C9H18O2S. The maximum atomic E-state index is 11.0. The molecule has 0 aliphatic rings. The Bertz CT molecular complexity index is 124. The van der Waals surface area contributed by atoms with Gasteiger partial charge in [0.1, 0.15) is 6.61 Å². The first kappa shape index (κ1) is 12.0. The van der Waals surface area contributed by atoms with E-state index in [0.29, 0.717) is 18.3 Å². The van der Waals surface area contributed by atoms with Crippen LogP contribution in [0.4, 0.5) is 0 Å². The molecule has 0 aromatic heterocycles. The largest absolute Gasteiger partial charge is 0.374 e. The molecule has 0 fully saturated rings. The second-order valence-corrected chi connectivity index (χ2v) is 4.12. The first-order valence-electron chi connectivity index (χ1n) is 4.34. The molecule has 0 aliphatic carbocycles. The fourth-order valence-corrected chi connectivity index (χ4v) is 1.57. The number of rotatable bonds is 7. The highest BCUT2D eigenvalue weighted by Gasteiger charge is 2.02. The van der Waals surface area contributed by atoms with Crippen LogP contribution in [0.25, 0.3) is 0 Å². The summed E-state index contributed by atoms with van der Waals surface area (Å²) in [5.41, 5.74) is 0. The monoisotopic (exact) mass is 190 g/mol. The molecule has 0 radical (unpaired) electrons. The summed E-state index contributed by atoms with van der Waals surface area (Å²) in [7, 11) is 0. The summed E-state index contributed by atoms with van der Waals surface area (Å²) < 4.78 is 4.99. The van der Waals surface area contributed by atoms with E-state index < -0.39 is 0 Å². The zero-order valence-electron chi connectivity index (χ0n) is 8.13. The molecule has 72 valence electrons. The number of thioether (sulfide) groups is 1. The minimum atomic E-state index is 0.197. The van der Waals surface area contributed by atoms with Gasteiger partial charge in [-0.15, -0.1) is 0 Å². The van der Waals surface area contributed by atoms with Crippen molar-refractivity contribution in [3.8, 4) is 0 Å². The first-order valence-corrected chi connectivity index (χ1v) is 5.49. The Balaban J connectivity index is 3.20. The van der Waals surface area contributed by atoms with Crippen LogP contribution >= 0.6 is 11.8 Å². The highest BCUT2D eigenvalue weighted by molar-refractivity contribution is 7.99. The van der Waals surface area contributed by atoms with E-state index >= 15 is 0 Å². The normalized spacial score (nSPS) is 10.7. The molecule has 0 saturated heterocycles. The molecule has 0 aromatic rings. The predicted octanol–water partition coefficient (Wildman–Crippen LogP) is 1.98. The second kappa shape index (κ2) is 7.62. The number of ketones is 1. The first-order chi connectivity index (χ1) is 5.66. The van der Waals surface area contributed by atoms with E-state index in [0.717, 1.165) is 5.75 Å². The highest BCUT2D eigenvalue weighted by Crippen LogP contribution is 2.06. The third kappa shape index (κ3) is 8.08. The number of Topliss-reactive ketones (excluding diaryl/α,β-unsaturated/α-hetero) is 1. The molecular weight excluding hydrogens is 172 g/mol. The van der Waals surface area contributed by atoms with Gasteiger partial charge in [-0.2, -0.15) is 11.8 Å². The fraction of sp³-hybridized carbons (Fsp3) is 0.889. The van der Waals surface area contributed by atoms with Crippen molar-refractivity contribution in [3.63, 3.8) is 0 Å². The van der Waals surface area contributed by atoms with Gasteiger partial charge in [-0.3, -0.25) is 4.79 Å². The molecule has 2 nitrogen and oxygen atoms in total. The Morgan fingerprint density at radius 3 is 2.67 bits per heavy atom. The van der Waals surface area contributed by atoms with Crippen LogP contribution in [-0.2, 0) is 9.53 Å². The molecule has 12 heavy (non-hydrogen) atoms. The zero-order valence-corrected chi connectivity index (χ0v) is 8.95. The molecule has 3 heteroatoms. The van der Waals surface area contributed by atoms with Gasteiger partial charge in [0.05, 0.1) is 5.75 Å². The van der Waals surface area contributed by atoms with Gasteiger partial charge >= 0.3 is 0 Å². The van der Waals surface area contributed by atoms with E-state index in [9.17, 15) is 4.79 Å². The Morgan fingerprint density at radius 1 is 1.50 bits per heavy atom. The summed E-state index contributed by atoms with van der Waals surface area (Å²) in [6, 6.07) is 0. The van der Waals surface area contributed by atoms with E-state index in [1.54, 1.807) is 11.8 Å². The number of carbonyl (C=O) groups is 1. The number of hydrogen-bond acceptors (Lipinski definition) is 3. The van der Waals surface area contributed by atoms with Crippen molar-refractivity contribution in [2.45, 2.75) is 20.8 Å². The fourth-order valence-electron chi connectivity index (χ4n) is 0.666. The van der Waals surface area contributed by atoms with Crippen LogP contribution in [0.1, 0.15) is 20.8 Å². The van der Waals surface area contributed by atoms with Crippen molar-refractivity contribution in [1.29, 1.82) is 0 Å². The zero-order chi connectivity index (χ0) is 9.40. The van der Waals surface area contributed by atoms with Crippen LogP contribution in [0.5, 0.6) is 0 Å². The molecule has 0 N–H and O–H groups in total. The van der Waals surface area contributed by atoms with E-state index in [4.69, 9.17) is 4.74 Å². The topological polar surface area (TPSA) is 26.3 Å². The highest BCUT2D eigenvalue weighted by atomic mass is 32.2. The second-order valence-electron chi connectivity index (χ2n) is 3.08.